The topological polar surface area (TPSA) is 0 Å². The summed E-state index contributed by atoms with van der Waals surface area (Å²) in [5.74, 6) is 0.884. The van der Waals surface area contributed by atoms with Gasteiger partial charge in [-0.25, -0.2) is 0 Å². The van der Waals surface area contributed by atoms with Gasteiger partial charge >= 0.3 is 0 Å². The Hall–Kier alpha value is -0.780. The monoisotopic (exact) mass is 254 g/mol. The first kappa shape index (κ1) is 25.9. The molecule has 0 aromatic heterocycles. The van der Waals surface area contributed by atoms with Gasteiger partial charge in [-0.15, -0.1) is 0 Å². The van der Waals surface area contributed by atoms with Gasteiger partial charge in [-0.05, 0) is 26.7 Å². The molecule has 0 saturated carbocycles. The molecule has 0 atom stereocenters. The molecule has 0 heterocycles. The highest BCUT2D eigenvalue weighted by molar-refractivity contribution is 5.05. The largest absolute Gasteiger partial charge is 0.0988 e. The van der Waals surface area contributed by atoms with Crippen LogP contribution < -0.4 is 0 Å². The molecule has 0 spiro atoms. The molecule has 0 radical (unpaired) electrons. The molecule has 0 rings (SSSR count). The number of allylic oxidation sites excluding steroid dienone is 4. The van der Waals surface area contributed by atoms with E-state index in [0.29, 0.717) is 0 Å². The molecule has 0 unspecified atom stereocenters. The molecule has 0 N–H and O–H groups in total. The van der Waals surface area contributed by atoms with Gasteiger partial charge in [-0.3, -0.25) is 0 Å². The zero-order chi connectivity index (χ0) is 15.4. The Kier molecular flexibility index (Phi) is 43.0. The van der Waals surface area contributed by atoms with E-state index < -0.39 is 0 Å². The van der Waals surface area contributed by atoms with Gasteiger partial charge in [0, 0.05) is 0 Å². The highest BCUT2D eigenvalue weighted by Crippen LogP contribution is 1.93. The van der Waals surface area contributed by atoms with Gasteiger partial charge in [0.05, 0.1) is 0 Å². The van der Waals surface area contributed by atoms with Crippen LogP contribution in [0.2, 0.25) is 0 Å². The summed E-state index contributed by atoms with van der Waals surface area (Å²) in [7, 11) is 0. The quantitative estimate of drug-likeness (QED) is 0.369. The lowest BCUT2D eigenvalue weighted by Crippen LogP contribution is -1.77. The van der Waals surface area contributed by atoms with E-state index in [0.717, 1.165) is 11.5 Å². The summed E-state index contributed by atoms with van der Waals surface area (Å²) in [6.45, 7) is 23.9. The molecule has 0 heteroatoms. The first-order chi connectivity index (χ1) is 8.37. The van der Waals surface area contributed by atoms with Crippen molar-refractivity contribution in [3.63, 3.8) is 0 Å². The van der Waals surface area contributed by atoms with Crippen molar-refractivity contribution in [1.29, 1.82) is 0 Å². The summed E-state index contributed by atoms with van der Waals surface area (Å²) in [6, 6.07) is 0. The molecule has 0 saturated heterocycles. The fourth-order valence-corrected chi connectivity index (χ4v) is 0. The molecule has 0 bridgehead atoms. The van der Waals surface area contributed by atoms with Crippen molar-refractivity contribution < 1.29 is 0 Å². The van der Waals surface area contributed by atoms with Gasteiger partial charge in [-0.2, -0.15) is 0 Å². The minimum atomic E-state index is 0.884. The van der Waals surface area contributed by atoms with E-state index in [9.17, 15) is 0 Å². The highest BCUT2D eigenvalue weighted by Gasteiger charge is 1.80. The van der Waals surface area contributed by atoms with Crippen LogP contribution in [-0.4, -0.2) is 0 Å². The van der Waals surface area contributed by atoms with Crippen molar-refractivity contribution in [3.8, 4) is 0 Å². The second kappa shape index (κ2) is 29.8. The minimum Gasteiger partial charge on any atom is -0.0988 e. The predicted octanol–water partition coefficient (Wildman–Crippen LogP) is 7.19. The van der Waals surface area contributed by atoms with Gasteiger partial charge in [0.1, 0.15) is 0 Å². The van der Waals surface area contributed by atoms with E-state index in [4.69, 9.17) is 0 Å². The standard InChI is InChI=1S/C5H12.C5H8.C4H10.C4H8/c2*1-4-5(2)3;2*1-3-4-2/h5H,4H2,1-3H3;4H,1-2H2,3H3;3-4H2,1-2H3;3-4H,1-2H3/b;;;4-3-. The molecule has 0 aliphatic carbocycles. The third kappa shape index (κ3) is 113. The summed E-state index contributed by atoms with van der Waals surface area (Å²) >= 11 is 0. The average Bonchev–Trinajstić information content (AvgIpc) is 2.39. The van der Waals surface area contributed by atoms with Gasteiger partial charge in [-0.1, -0.05) is 90.8 Å². The molecular weight excluding hydrogens is 216 g/mol. The van der Waals surface area contributed by atoms with Crippen molar-refractivity contribution in [3.05, 3.63) is 37.0 Å². The van der Waals surface area contributed by atoms with Crippen molar-refractivity contribution in [2.75, 3.05) is 0 Å². The van der Waals surface area contributed by atoms with Crippen LogP contribution in [0.4, 0.5) is 0 Å². The van der Waals surface area contributed by atoms with E-state index in [-0.39, 0.29) is 0 Å². The second-order valence-corrected chi connectivity index (χ2v) is 4.52. The van der Waals surface area contributed by atoms with Crippen LogP contribution in [0.25, 0.3) is 0 Å². The Morgan fingerprint density at radius 2 is 1.22 bits per heavy atom. The summed E-state index contributed by atoms with van der Waals surface area (Å²) in [4.78, 5) is 0. The molecule has 18 heavy (non-hydrogen) atoms. The summed E-state index contributed by atoms with van der Waals surface area (Å²) in [6.07, 6.45) is 9.67. The zero-order valence-corrected chi connectivity index (χ0v) is 14.3. The lowest BCUT2D eigenvalue weighted by Gasteiger charge is -1.90. The van der Waals surface area contributed by atoms with Gasteiger partial charge < -0.3 is 0 Å². The van der Waals surface area contributed by atoms with Crippen LogP contribution in [0.1, 0.15) is 74.7 Å². The number of rotatable bonds is 3. The highest BCUT2D eigenvalue weighted by atomic mass is 13.9. The maximum Gasteiger partial charge on any atom is -0.0404 e. The smallest absolute Gasteiger partial charge is 0.0404 e. The van der Waals surface area contributed by atoms with Gasteiger partial charge in [0.15, 0.2) is 0 Å². The van der Waals surface area contributed by atoms with E-state index in [1.165, 1.54) is 19.3 Å². The summed E-state index contributed by atoms with van der Waals surface area (Å²) in [5.41, 5.74) is 1.02. The maximum absolute atomic E-state index is 3.56. The van der Waals surface area contributed by atoms with Gasteiger partial charge in [0.25, 0.3) is 0 Å². The molecular formula is C18H38. The molecule has 0 aromatic rings. The van der Waals surface area contributed by atoms with Crippen LogP contribution in [0.5, 0.6) is 0 Å². The second-order valence-electron chi connectivity index (χ2n) is 4.52. The third-order valence-corrected chi connectivity index (χ3v) is 2.00. The van der Waals surface area contributed by atoms with Crippen molar-refractivity contribution in [2.24, 2.45) is 5.92 Å². The number of hydrogen-bond donors (Lipinski definition) is 0. The maximum atomic E-state index is 3.56. The Morgan fingerprint density at radius 3 is 1.22 bits per heavy atom. The fraction of sp³-hybridized carbons (Fsp3) is 0.667. The molecule has 0 amide bonds. The molecule has 0 aliphatic heterocycles. The average molecular weight is 255 g/mol. The van der Waals surface area contributed by atoms with E-state index >= 15 is 0 Å². The normalized spacial score (nSPS) is 8.28. The summed E-state index contributed by atoms with van der Waals surface area (Å²) < 4.78 is 0. The Morgan fingerprint density at radius 1 is 1.00 bits per heavy atom. The first-order valence-corrected chi connectivity index (χ1v) is 7.22. The van der Waals surface area contributed by atoms with Crippen LogP contribution in [-0.2, 0) is 0 Å². The minimum absolute atomic E-state index is 0.884. The number of unbranched alkanes of at least 4 members (excludes halogenated alkanes) is 1. The number of hydrogen-bond acceptors (Lipinski definition) is 0. The summed E-state index contributed by atoms with van der Waals surface area (Å²) in [5, 5.41) is 0. The SMILES string of the molecule is C/C=C\C.C=CC(=C)C.CCC(C)C.CCCC. The van der Waals surface area contributed by atoms with Gasteiger partial charge in [0.2, 0.25) is 0 Å². The first-order valence-electron chi connectivity index (χ1n) is 7.22. The lowest BCUT2D eigenvalue weighted by atomic mass is 10.2. The lowest BCUT2D eigenvalue weighted by molar-refractivity contribution is 0.626. The molecule has 0 nitrogen and oxygen atoms in total. The Labute approximate surface area is 118 Å². The fourth-order valence-electron chi connectivity index (χ4n) is 0. The molecule has 0 aromatic carbocycles. The van der Waals surface area contributed by atoms with E-state index in [1.807, 2.05) is 32.9 Å². The zero-order valence-electron chi connectivity index (χ0n) is 14.3. The van der Waals surface area contributed by atoms with E-state index in [2.05, 4.69) is 47.8 Å². The predicted molar refractivity (Wildman–Crippen MR) is 91.2 cm³/mol. The van der Waals surface area contributed by atoms with E-state index in [1.54, 1.807) is 6.08 Å². The molecule has 0 fully saturated rings. The van der Waals surface area contributed by atoms with Crippen LogP contribution >= 0.6 is 0 Å². The third-order valence-electron chi connectivity index (χ3n) is 2.00. The van der Waals surface area contributed by atoms with Crippen molar-refractivity contribution in [1.82, 2.24) is 0 Å². The Balaban J connectivity index is -0.0000000731. The van der Waals surface area contributed by atoms with Crippen LogP contribution in [0.3, 0.4) is 0 Å². The Bertz CT molecular complexity index is 155. The van der Waals surface area contributed by atoms with Crippen molar-refractivity contribution >= 4 is 0 Å². The molecule has 0 aliphatic rings. The molecule has 110 valence electrons. The van der Waals surface area contributed by atoms with Crippen LogP contribution in [0.15, 0.2) is 37.0 Å². The van der Waals surface area contributed by atoms with Crippen molar-refractivity contribution in [2.45, 2.75) is 74.7 Å². The van der Waals surface area contributed by atoms with Crippen LogP contribution in [0, 0.1) is 5.92 Å².